The van der Waals surface area contributed by atoms with Crippen LogP contribution in [0.3, 0.4) is 0 Å². The molecule has 2 aromatic rings. The minimum absolute atomic E-state index is 0.256. The Hall–Kier alpha value is -2.78. The van der Waals surface area contributed by atoms with Crippen molar-refractivity contribution in [2.75, 3.05) is 13.7 Å². The van der Waals surface area contributed by atoms with E-state index in [1.54, 1.807) is 45.2 Å². The first kappa shape index (κ1) is 23.4. The number of fused-ring (bicyclic) bond motifs is 1. The molecule has 2 N–H and O–H groups in total. The van der Waals surface area contributed by atoms with Gasteiger partial charge in [-0.3, -0.25) is 9.69 Å². The first-order chi connectivity index (χ1) is 15.8. The fraction of sp³-hybridized carbons (Fsp3) is 0.440. The van der Waals surface area contributed by atoms with Gasteiger partial charge in [-0.1, -0.05) is 48.5 Å². The molecule has 4 rings (SSSR count). The van der Waals surface area contributed by atoms with Gasteiger partial charge >= 0.3 is 5.97 Å². The van der Waals surface area contributed by atoms with E-state index >= 15 is 0 Å². The number of piperidine rings is 1. The van der Waals surface area contributed by atoms with E-state index in [4.69, 9.17) is 14.2 Å². The number of hydrogen-bond donors (Lipinski definition) is 2. The molecule has 1 amide bonds. The highest BCUT2D eigenvalue weighted by molar-refractivity contribution is 5.89. The molecule has 8 heteroatoms. The third-order valence-corrected chi connectivity index (χ3v) is 6.12. The molecule has 2 aliphatic heterocycles. The molecule has 2 aromatic carbocycles. The number of benzene rings is 2. The molecule has 5 atom stereocenters. The molecule has 2 aliphatic rings. The van der Waals surface area contributed by atoms with Crippen LogP contribution in [0.5, 0.6) is 0 Å². The van der Waals surface area contributed by atoms with E-state index in [0.29, 0.717) is 12.1 Å². The van der Waals surface area contributed by atoms with Crippen molar-refractivity contribution in [2.45, 2.75) is 56.6 Å². The molecule has 8 nitrogen and oxygen atoms in total. The molecule has 0 aromatic heterocycles. The third-order valence-electron chi connectivity index (χ3n) is 6.12. The predicted octanol–water partition coefficient (Wildman–Crippen LogP) is 1.72. The number of hydrogen-bond acceptors (Lipinski definition) is 7. The molecule has 176 valence electrons. The van der Waals surface area contributed by atoms with Crippen molar-refractivity contribution in [1.82, 2.24) is 10.2 Å². The topological polar surface area (TPSA) is 97.3 Å². The first-order valence-electron chi connectivity index (χ1n) is 11.1. The SMILES string of the molecule is CNC(=O)[C@@H]1[C@H]2OC(C)(C)O[C@H]2[C@H](OC(=O)c2ccccc2)[C@@H](CO)N1Cc1ccccc1. The summed E-state index contributed by atoms with van der Waals surface area (Å²) in [5.74, 6) is -1.76. The molecule has 2 saturated heterocycles. The van der Waals surface area contributed by atoms with Gasteiger partial charge in [-0.25, -0.2) is 4.79 Å². The van der Waals surface area contributed by atoms with Crippen LogP contribution in [0, 0.1) is 0 Å². The van der Waals surface area contributed by atoms with Gasteiger partial charge in [0.1, 0.15) is 24.4 Å². The molecule has 2 heterocycles. The van der Waals surface area contributed by atoms with E-state index in [0.717, 1.165) is 5.56 Å². The van der Waals surface area contributed by atoms with Crippen LogP contribution in [0.25, 0.3) is 0 Å². The average molecular weight is 455 g/mol. The Morgan fingerprint density at radius 2 is 1.64 bits per heavy atom. The van der Waals surface area contributed by atoms with E-state index in [2.05, 4.69) is 5.32 Å². The van der Waals surface area contributed by atoms with Gasteiger partial charge in [-0.15, -0.1) is 0 Å². The van der Waals surface area contributed by atoms with Crippen LogP contribution in [0.15, 0.2) is 60.7 Å². The van der Waals surface area contributed by atoms with Crippen molar-refractivity contribution in [1.29, 1.82) is 0 Å². The van der Waals surface area contributed by atoms with E-state index in [-0.39, 0.29) is 12.5 Å². The van der Waals surface area contributed by atoms with Crippen LogP contribution in [0.4, 0.5) is 0 Å². The smallest absolute Gasteiger partial charge is 0.338 e. The van der Waals surface area contributed by atoms with Crippen molar-refractivity contribution < 1.29 is 28.9 Å². The van der Waals surface area contributed by atoms with E-state index in [9.17, 15) is 14.7 Å². The Morgan fingerprint density at radius 3 is 2.24 bits per heavy atom. The Kier molecular flexibility index (Phi) is 6.81. The molecule has 0 aliphatic carbocycles. The zero-order valence-corrected chi connectivity index (χ0v) is 19.0. The highest BCUT2D eigenvalue weighted by Crippen LogP contribution is 2.41. The van der Waals surface area contributed by atoms with Crippen LogP contribution < -0.4 is 5.32 Å². The Balaban J connectivity index is 1.73. The summed E-state index contributed by atoms with van der Waals surface area (Å²) in [5, 5.41) is 13.2. The molecular weight excluding hydrogens is 424 g/mol. The molecular formula is C25H30N2O6. The number of likely N-dealkylation sites (tertiary alicyclic amines) is 1. The fourth-order valence-electron chi connectivity index (χ4n) is 4.70. The number of carbonyl (C=O) groups is 2. The number of amides is 1. The van der Waals surface area contributed by atoms with Crippen LogP contribution >= 0.6 is 0 Å². The largest absolute Gasteiger partial charge is 0.454 e. The molecule has 0 saturated carbocycles. The summed E-state index contributed by atoms with van der Waals surface area (Å²) < 4.78 is 18.2. The van der Waals surface area contributed by atoms with Crippen LogP contribution in [-0.4, -0.2) is 71.7 Å². The van der Waals surface area contributed by atoms with Gasteiger partial charge in [-0.05, 0) is 31.5 Å². The molecule has 33 heavy (non-hydrogen) atoms. The third kappa shape index (κ3) is 4.79. The van der Waals surface area contributed by atoms with Crippen molar-refractivity contribution in [3.05, 3.63) is 71.8 Å². The van der Waals surface area contributed by atoms with E-state index in [1.807, 2.05) is 41.3 Å². The summed E-state index contributed by atoms with van der Waals surface area (Å²) in [6.45, 7) is 3.55. The second-order valence-electron chi connectivity index (χ2n) is 8.77. The van der Waals surface area contributed by atoms with Gasteiger partial charge < -0.3 is 24.6 Å². The maximum Gasteiger partial charge on any atom is 0.338 e. The minimum atomic E-state index is -0.984. The molecule has 0 radical (unpaired) electrons. The Morgan fingerprint density at radius 1 is 1.03 bits per heavy atom. The van der Waals surface area contributed by atoms with Crippen molar-refractivity contribution in [2.24, 2.45) is 0 Å². The number of ether oxygens (including phenoxy) is 3. The minimum Gasteiger partial charge on any atom is -0.454 e. The first-order valence-corrected chi connectivity index (χ1v) is 11.1. The highest BCUT2D eigenvalue weighted by atomic mass is 16.8. The lowest BCUT2D eigenvalue weighted by molar-refractivity contribution is -0.157. The zero-order chi connectivity index (χ0) is 23.6. The van der Waals surface area contributed by atoms with Crippen LogP contribution in [0.1, 0.15) is 29.8 Å². The molecule has 0 spiro atoms. The summed E-state index contributed by atoms with van der Waals surface area (Å²) in [6, 6.07) is 16.9. The van der Waals surface area contributed by atoms with Crippen molar-refractivity contribution in [3.8, 4) is 0 Å². The highest BCUT2D eigenvalue weighted by Gasteiger charge is 2.60. The number of carbonyl (C=O) groups excluding carboxylic acids is 2. The average Bonchev–Trinajstić information content (AvgIpc) is 3.14. The zero-order valence-electron chi connectivity index (χ0n) is 19.0. The van der Waals surface area contributed by atoms with Gasteiger partial charge in [0.25, 0.3) is 0 Å². The molecule has 0 bridgehead atoms. The van der Waals surface area contributed by atoms with Gasteiger partial charge in [-0.2, -0.15) is 0 Å². The fourth-order valence-corrected chi connectivity index (χ4v) is 4.70. The second-order valence-corrected chi connectivity index (χ2v) is 8.77. The maximum absolute atomic E-state index is 13.1. The number of esters is 1. The summed E-state index contributed by atoms with van der Waals surface area (Å²) in [4.78, 5) is 27.9. The normalized spacial score (nSPS) is 28.7. The van der Waals surface area contributed by atoms with Gasteiger partial charge in [0, 0.05) is 13.6 Å². The number of nitrogens with one attached hydrogen (secondary N) is 1. The Bertz CT molecular complexity index is 967. The second kappa shape index (κ2) is 9.61. The number of nitrogens with zero attached hydrogens (tertiary/aromatic N) is 1. The van der Waals surface area contributed by atoms with Gasteiger partial charge in [0.05, 0.1) is 18.2 Å². The standard InChI is InChI=1S/C25H30N2O6/c1-25(2)32-21-19(23(29)26-3)27(14-16-10-6-4-7-11-16)18(15-28)20(22(21)33-25)31-24(30)17-12-8-5-9-13-17/h4-13,18-22,28H,14-15H2,1-3H3,(H,26,29)/t18-,19+,20-,21-,22+/m1/s1. The van der Waals surface area contributed by atoms with Crippen LogP contribution in [0.2, 0.25) is 0 Å². The number of rotatable bonds is 6. The number of aliphatic hydroxyl groups excluding tert-OH is 1. The monoisotopic (exact) mass is 454 g/mol. The lowest BCUT2D eigenvalue weighted by atomic mass is 9.86. The Labute approximate surface area is 193 Å². The van der Waals surface area contributed by atoms with Gasteiger partial charge in [0.2, 0.25) is 5.91 Å². The summed E-state index contributed by atoms with van der Waals surface area (Å²) in [7, 11) is 1.56. The predicted molar refractivity (Wildman–Crippen MR) is 120 cm³/mol. The lowest BCUT2D eigenvalue weighted by Crippen LogP contribution is -2.70. The lowest BCUT2D eigenvalue weighted by Gasteiger charge is -2.48. The maximum atomic E-state index is 13.1. The van der Waals surface area contributed by atoms with Crippen molar-refractivity contribution in [3.63, 3.8) is 0 Å². The van der Waals surface area contributed by atoms with E-state index in [1.165, 1.54) is 0 Å². The molecule has 2 fully saturated rings. The summed E-state index contributed by atoms with van der Waals surface area (Å²) in [5.41, 5.74) is 1.35. The van der Waals surface area contributed by atoms with E-state index < -0.39 is 42.2 Å². The molecule has 0 unspecified atom stereocenters. The van der Waals surface area contributed by atoms with Crippen LogP contribution in [-0.2, 0) is 25.5 Å². The quantitative estimate of drug-likeness (QED) is 0.642. The van der Waals surface area contributed by atoms with Gasteiger partial charge in [0.15, 0.2) is 5.79 Å². The van der Waals surface area contributed by atoms with Crippen molar-refractivity contribution >= 4 is 11.9 Å². The number of likely N-dealkylation sites (N-methyl/N-ethyl adjacent to an activating group) is 1. The summed E-state index contributed by atoms with van der Waals surface area (Å²) in [6.07, 6.45) is -2.27. The number of aliphatic hydroxyl groups is 1. The summed E-state index contributed by atoms with van der Waals surface area (Å²) >= 11 is 0.